The monoisotopic (exact) mass is 227 g/mol. The van der Waals surface area contributed by atoms with Gasteiger partial charge in [-0.2, -0.15) is 0 Å². The first-order valence-electron chi connectivity index (χ1n) is 6.43. The van der Waals surface area contributed by atoms with E-state index < -0.39 is 0 Å². The van der Waals surface area contributed by atoms with Crippen molar-refractivity contribution in [2.45, 2.75) is 64.7 Å². The normalized spacial score (nSPS) is 10.1. The van der Waals surface area contributed by atoms with Crippen molar-refractivity contribution in [1.29, 1.82) is 0 Å². The van der Waals surface area contributed by atoms with Gasteiger partial charge in [0, 0.05) is 26.3 Å². The summed E-state index contributed by atoms with van der Waals surface area (Å²) in [6, 6.07) is 0. The molecule has 0 saturated heterocycles. The zero-order valence-corrected chi connectivity index (χ0v) is 10.7. The molecule has 0 aromatic carbocycles. The highest BCUT2D eigenvalue weighted by atomic mass is 16.1. The molecule has 0 fully saturated rings. The van der Waals surface area contributed by atoms with E-state index in [0.717, 1.165) is 12.8 Å². The highest BCUT2D eigenvalue weighted by molar-refractivity contribution is 5.80. The number of hydrogen-bond acceptors (Lipinski definition) is 2. The van der Waals surface area contributed by atoms with E-state index in [1.165, 1.54) is 19.3 Å². The minimum Gasteiger partial charge on any atom is -0.359 e. The summed E-state index contributed by atoms with van der Waals surface area (Å²) in [6.45, 7) is 2.18. The molecule has 16 heavy (non-hydrogen) atoms. The van der Waals surface area contributed by atoms with Crippen molar-refractivity contribution in [3.63, 3.8) is 0 Å². The van der Waals surface area contributed by atoms with Gasteiger partial charge in [-0.15, -0.1) is 0 Å². The Morgan fingerprint density at radius 1 is 0.875 bits per heavy atom. The van der Waals surface area contributed by atoms with Gasteiger partial charge in [0.25, 0.3) is 0 Å². The summed E-state index contributed by atoms with van der Waals surface area (Å²) in [5.41, 5.74) is 0. The van der Waals surface area contributed by atoms with Crippen LogP contribution in [-0.4, -0.2) is 18.7 Å². The summed E-state index contributed by atoms with van der Waals surface area (Å²) in [5.74, 6) is 0.330. The molecule has 0 aromatic heterocycles. The van der Waals surface area contributed by atoms with Crippen LogP contribution >= 0.6 is 0 Å². The van der Waals surface area contributed by atoms with Crippen LogP contribution < -0.4 is 5.32 Å². The number of carbonyl (C=O) groups excluding carboxylic acids is 2. The van der Waals surface area contributed by atoms with Gasteiger partial charge in [-0.25, -0.2) is 0 Å². The number of unbranched alkanes of at least 4 members (excludes halogenated alkanes) is 4. The predicted octanol–water partition coefficient (Wildman–Crippen LogP) is 2.83. The first kappa shape index (κ1) is 15.1. The van der Waals surface area contributed by atoms with Crippen LogP contribution in [0.25, 0.3) is 0 Å². The molecule has 0 atom stereocenters. The van der Waals surface area contributed by atoms with Gasteiger partial charge in [-0.3, -0.25) is 9.59 Å². The number of Topliss-reactive ketones (excluding diaryl/α,β-unsaturated/α-hetero) is 1. The minimum atomic E-state index is 0.0238. The SMILES string of the molecule is CCCCCCCC(=O)CCCC(=O)NC. The van der Waals surface area contributed by atoms with Gasteiger partial charge in [0.1, 0.15) is 5.78 Å². The molecular formula is C13H25NO2. The van der Waals surface area contributed by atoms with Crippen LogP contribution in [0.5, 0.6) is 0 Å². The van der Waals surface area contributed by atoms with E-state index in [-0.39, 0.29) is 5.91 Å². The van der Waals surface area contributed by atoms with Gasteiger partial charge < -0.3 is 5.32 Å². The van der Waals surface area contributed by atoms with Crippen LogP contribution in [0.4, 0.5) is 0 Å². The largest absolute Gasteiger partial charge is 0.359 e. The highest BCUT2D eigenvalue weighted by Gasteiger charge is 2.03. The van der Waals surface area contributed by atoms with Crippen molar-refractivity contribution < 1.29 is 9.59 Å². The Morgan fingerprint density at radius 3 is 2.12 bits per heavy atom. The fraction of sp³-hybridized carbons (Fsp3) is 0.846. The van der Waals surface area contributed by atoms with Crippen molar-refractivity contribution >= 4 is 11.7 Å². The molecule has 0 aromatic rings. The van der Waals surface area contributed by atoms with Crippen molar-refractivity contribution in [2.24, 2.45) is 0 Å². The smallest absolute Gasteiger partial charge is 0.219 e. The van der Waals surface area contributed by atoms with E-state index in [1.807, 2.05) is 0 Å². The lowest BCUT2D eigenvalue weighted by Crippen LogP contribution is -2.17. The molecule has 3 nitrogen and oxygen atoms in total. The van der Waals surface area contributed by atoms with Gasteiger partial charge in [-0.1, -0.05) is 32.6 Å². The topological polar surface area (TPSA) is 46.2 Å². The second-order valence-corrected chi connectivity index (χ2v) is 4.23. The van der Waals surface area contributed by atoms with E-state index in [0.29, 0.717) is 31.5 Å². The quantitative estimate of drug-likeness (QED) is 0.583. The Hall–Kier alpha value is -0.860. The number of amides is 1. The molecule has 0 aliphatic carbocycles. The Kier molecular flexibility index (Phi) is 10.1. The Bertz CT molecular complexity index is 202. The van der Waals surface area contributed by atoms with Crippen molar-refractivity contribution in [1.82, 2.24) is 5.32 Å². The van der Waals surface area contributed by atoms with E-state index in [4.69, 9.17) is 0 Å². The van der Waals surface area contributed by atoms with E-state index in [1.54, 1.807) is 7.05 Å². The molecule has 3 heteroatoms. The second-order valence-electron chi connectivity index (χ2n) is 4.23. The van der Waals surface area contributed by atoms with Gasteiger partial charge in [0.05, 0.1) is 0 Å². The van der Waals surface area contributed by atoms with Gasteiger partial charge in [0.2, 0.25) is 5.91 Å². The predicted molar refractivity (Wildman–Crippen MR) is 66.3 cm³/mol. The molecule has 0 aliphatic heterocycles. The number of rotatable bonds is 10. The van der Waals surface area contributed by atoms with Crippen LogP contribution in [0, 0.1) is 0 Å². The lowest BCUT2D eigenvalue weighted by molar-refractivity contribution is -0.121. The summed E-state index contributed by atoms with van der Waals surface area (Å²) < 4.78 is 0. The van der Waals surface area contributed by atoms with E-state index in [9.17, 15) is 9.59 Å². The molecule has 0 unspecified atom stereocenters. The molecule has 0 saturated carbocycles. The number of hydrogen-bond donors (Lipinski definition) is 1. The van der Waals surface area contributed by atoms with Crippen LogP contribution in [0.15, 0.2) is 0 Å². The zero-order chi connectivity index (χ0) is 12.2. The first-order chi connectivity index (χ1) is 7.70. The zero-order valence-electron chi connectivity index (χ0n) is 10.7. The molecule has 1 N–H and O–H groups in total. The fourth-order valence-corrected chi connectivity index (χ4v) is 1.62. The van der Waals surface area contributed by atoms with Crippen LogP contribution in [0.3, 0.4) is 0 Å². The van der Waals surface area contributed by atoms with E-state index >= 15 is 0 Å². The summed E-state index contributed by atoms with van der Waals surface area (Å²) >= 11 is 0. The van der Waals surface area contributed by atoms with Gasteiger partial charge in [0.15, 0.2) is 0 Å². The molecule has 0 rings (SSSR count). The van der Waals surface area contributed by atoms with Crippen LogP contribution in [-0.2, 0) is 9.59 Å². The summed E-state index contributed by atoms with van der Waals surface area (Å²) in [6.07, 6.45) is 8.32. The third-order valence-corrected chi connectivity index (χ3v) is 2.70. The fourth-order valence-electron chi connectivity index (χ4n) is 1.62. The Morgan fingerprint density at radius 2 is 1.50 bits per heavy atom. The maximum Gasteiger partial charge on any atom is 0.219 e. The summed E-state index contributed by atoms with van der Waals surface area (Å²) in [7, 11) is 1.62. The molecular weight excluding hydrogens is 202 g/mol. The Balaban J connectivity index is 3.28. The molecule has 0 bridgehead atoms. The number of ketones is 1. The molecule has 0 spiro atoms. The highest BCUT2D eigenvalue weighted by Crippen LogP contribution is 2.07. The van der Waals surface area contributed by atoms with Crippen molar-refractivity contribution in [2.75, 3.05) is 7.05 Å². The lowest BCUT2D eigenvalue weighted by atomic mass is 10.1. The first-order valence-corrected chi connectivity index (χ1v) is 6.43. The summed E-state index contributed by atoms with van der Waals surface area (Å²) in [5, 5.41) is 2.55. The summed E-state index contributed by atoms with van der Waals surface area (Å²) in [4.78, 5) is 22.3. The molecule has 0 heterocycles. The van der Waals surface area contributed by atoms with Gasteiger partial charge >= 0.3 is 0 Å². The molecule has 1 amide bonds. The van der Waals surface area contributed by atoms with Gasteiger partial charge in [-0.05, 0) is 12.8 Å². The number of carbonyl (C=O) groups is 2. The van der Waals surface area contributed by atoms with Crippen LogP contribution in [0.2, 0.25) is 0 Å². The lowest BCUT2D eigenvalue weighted by Gasteiger charge is -2.01. The third kappa shape index (κ3) is 9.69. The average molecular weight is 227 g/mol. The number of nitrogens with one attached hydrogen (secondary N) is 1. The third-order valence-electron chi connectivity index (χ3n) is 2.70. The van der Waals surface area contributed by atoms with Crippen LogP contribution in [0.1, 0.15) is 64.7 Å². The minimum absolute atomic E-state index is 0.0238. The van der Waals surface area contributed by atoms with Crippen molar-refractivity contribution in [3.05, 3.63) is 0 Å². The standard InChI is InChI=1S/C13H25NO2/c1-3-4-5-6-7-9-12(15)10-8-11-13(16)14-2/h3-11H2,1-2H3,(H,14,16). The molecule has 0 radical (unpaired) electrons. The van der Waals surface area contributed by atoms with Crippen molar-refractivity contribution in [3.8, 4) is 0 Å². The second kappa shape index (κ2) is 10.7. The average Bonchev–Trinajstić information content (AvgIpc) is 2.28. The Labute approximate surface area is 99.0 Å². The maximum absolute atomic E-state index is 11.4. The van der Waals surface area contributed by atoms with E-state index in [2.05, 4.69) is 12.2 Å². The molecule has 0 aliphatic rings. The molecule has 94 valence electrons. The maximum atomic E-state index is 11.4.